The van der Waals surface area contributed by atoms with Gasteiger partial charge in [-0.25, -0.2) is 9.59 Å². The van der Waals surface area contributed by atoms with E-state index in [4.69, 9.17) is 15.5 Å². The number of aromatic carboxylic acids is 2. The summed E-state index contributed by atoms with van der Waals surface area (Å²) >= 11 is 0. The monoisotopic (exact) mass is 217 g/mol. The maximum atomic E-state index is 10.7. The summed E-state index contributed by atoms with van der Waals surface area (Å²) in [5.74, 6) is -2.43. The van der Waals surface area contributed by atoms with Gasteiger partial charge in [-0.05, 0) is 29.8 Å². The second-order valence-electron chi connectivity index (χ2n) is 2.92. The highest BCUT2D eigenvalue weighted by Gasteiger charge is 2.10. The molecule has 0 saturated heterocycles. The summed E-state index contributed by atoms with van der Waals surface area (Å²) in [6, 6.07) is 5.39. The van der Waals surface area contributed by atoms with Gasteiger partial charge in [0.2, 0.25) is 0 Å². The summed E-state index contributed by atoms with van der Waals surface area (Å²) in [6.45, 7) is 0. The van der Waals surface area contributed by atoms with Gasteiger partial charge in [-0.3, -0.25) is 0 Å². The molecule has 0 amide bonds. The van der Waals surface area contributed by atoms with Gasteiger partial charge in [0.15, 0.2) is 0 Å². The molecule has 0 fully saturated rings. The third-order valence-corrected chi connectivity index (χ3v) is 1.80. The molecule has 0 aliphatic carbocycles. The Morgan fingerprint density at radius 3 is 2.00 bits per heavy atom. The summed E-state index contributed by atoms with van der Waals surface area (Å²) in [4.78, 5) is 21.4. The lowest BCUT2D eigenvalue weighted by molar-refractivity contribution is 0.0696. The second kappa shape index (κ2) is 4.75. The standard InChI is InChI=1S/C11H7NO4/c12-3-1-2-7-4-8(10(13)14)6-9(5-7)11(15)16/h1-2,4-6H,(H,13,14)(H,15,16). The molecule has 1 aromatic carbocycles. The van der Waals surface area contributed by atoms with Gasteiger partial charge < -0.3 is 10.2 Å². The Kier molecular flexibility index (Phi) is 3.41. The van der Waals surface area contributed by atoms with Gasteiger partial charge >= 0.3 is 11.9 Å². The Balaban J connectivity index is 3.30. The van der Waals surface area contributed by atoms with Crippen molar-refractivity contribution in [3.05, 3.63) is 41.0 Å². The zero-order chi connectivity index (χ0) is 12.1. The SMILES string of the molecule is N#CC=Cc1cc(C(=O)O)cc(C(=O)O)c1. The van der Waals surface area contributed by atoms with Gasteiger partial charge in [-0.15, -0.1) is 0 Å². The van der Waals surface area contributed by atoms with Crippen molar-refractivity contribution in [2.45, 2.75) is 0 Å². The van der Waals surface area contributed by atoms with E-state index in [0.717, 1.165) is 12.1 Å². The number of carbonyl (C=O) groups is 2. The molecule has 0 heterocycles. The molecular weight excluding hydrogens is 210 g/mol. The zero-order valence-electron chi connectivity index (χ0n) is 8.04. The Morgan fingerprint density at radius 2 is 1.62 bits per heavy atom. The summed E-state index contributed by atoms with van der Waals surface area (Å²) in [7, 11) is 0. The number of nitrogens with zero attached hydrogens (tertiary/aromatic N) is 1. The van der Waals surface area contributed by atoms with Crippen molar-refractivity contribution in [3.63, 3.8) is 0 Å². The molecule has 0 aliphatic heterocycles. The molecule has 0 radical (unpaired) electrons. The maximum Gasteiger partial charge on any atom is 0.335 e. The van der Waals surface area contributed by atoms with E-state index in [1.165, 1.54) is 18.2 Å². The van der Waals surface area contributed by atoms with Crippen LogP contribution in [0.3, 0.4) is 0 Å². The average molecular weight is 217 g/mol. The van der Waals surface area contributed by atoms with Crippen LogP contribution in [-0.4, -0.2) is 22.2 Å². The highest BCUT2D eigenvalue weighted by molar-refractivity contribution is 5.94. The Morgan fingerprint density at radius 1 is 1.12 bits per heavy atom. The molecule has 1 aromatic rings. The van der Waals surface area contributed by atoms with Crippen LogP contribution in [0.25, 0.3) is 6.08 Å². The van der Waals surface area contributed by atoms with Gasteiger partial charge in [0.05, 0.1) is 17.2 Å². The number of nitriles is 1. The van der Waals surface area contributed by atoms with Crippen molar-refractivity contribution >= 4 is 18.0 Å². The molecular formula is C11H7NO4. The highest BCUT2D eigenvalue weighted by Crippen LogP contribution is 2.12. The molecule has 0 spiro atoms. The van der Waals surface area contributed by atoms with E-state index in [1.807, 2.05) is 0 Å². The van der Waals surface area contributed by atoms with Crippen LogP contribution in [0.1, 0.15) is 26.3 Å². The molecule has 80 valence electrons. The van der Waals surface area contributed by atoms with Crippen LogP contribution >= 0.6 is 0 Å². The van der Waals surface area contributed by atoms with Crippen molar-refractivity contribution in [1.82, 2.24) is 0 Å². The smallest absolute Gasteiger partial charge is 0.335 e. The molecule has 0 bridgehead atoms. The van der Waals surface area contributed by atoms with Crippen molar-refractivity contribution in [3.8, 4) is 6.07 Å². The predicted molar refractivity (Wildman–Crippen MR) is 55.0 cm³/mol. The summed E-state index contributed by atoms with van der Waals surface area (Å²) in [6.07, 6.45) is 2.49. The summed E-state index contributed by atoms with van der Waals surface area (Å²) < 4.78 is 0. The molecule has 1 rings (SSSR count). The average Bonchev–Trinajstić information content (AvgIpc) is 2.25. The number of carboxylic acid groups (broad SMARTS) is 2. The van der Waals surface area contributed by atoms with Crippen molar-refractivity contribution in [2.24, 2.45) is 0 Å². The third-order valence-electron chi connectivity index (χ3n) is 1.80. The number of carboxylic acids is 2. The maximum absolute atomic E-state index is 10.7. The van der Waals surface area contributed by atoms with Crippen molar-refractivity contribution in [1.29, 1.82) is 5.26 Å². The molecule has 5 heteroatoms. The first-order valence-corrected chi connectivity index (χ1v) is 4.22. The van der Waals surface area contributed by atoms with Crippen LogP contribution in [0, 0.1) is 11.3 Å². The van der Waals surface area contributed by atoms with E-state index in [9.17, 15) is 9.59 Å². The highest BCUT2D eigenvalue weighted by atomic mass is 16.4. The minimum atomic E-state index is -1.21. The molecule has 0 saturated carbocycles. The normalized spacial score (nSPS) is 9.94. The molecule has 0 unspecified atom stereocenters. The largest absolute Gasteiger partial charge is 0.478 e. The number of hydrogen-bond acceptors (Lipinski definition) is 3. The number of benzene rings is 1. The van der Waals surface area contributed by atoms with Crippen LogP contribution in [-0.2, 0) is 0 Å². The number of hydrogen-bond donors (Lipinski definition) is 2. The molecule has 2 N–H and O–H groups in total. The molecule has 0 aliphatic rings. The van der Waals surface area contributed by atoms with Gasteiger partial charge in [0, 0.05) is 6.08 Å². The van der Waals surface area contributed by atoms with Crippen LogP contribution in [0.2, 0.25) is 0 Å². The van der Waals surface area contributed by atoms with Crippen LogP contribution in [0.5, 0.6) is 0 Å². The van der Waals surface area contributed by atoms with E-state index in [0.29, 0.717) is 5.56 Å². The minimum absolute atomic E-state index is 0.127. The minimum Gasteiger partial charge on any atom is -0.478 e. The van der Waals surface area contributed by atoms with E-state index >= 15 is 0 Å². The van der Waals surface area contributed by atoms with E-state index in [-0.39, 0.29) is 11.1 Å². The number of allylic oxidation sites excluding steroid dienone is 1. The lowest BCUT2D eigenvalue weighted by atomic mass is 10.1. The predicted octanol–water partition coefficient (Wildman–Crippen LogP) is 1.62. The molecule has 16 heavy (non-hydrogen) atoms. The van der Waals surface area contributed by atoms with Gasteiger partial charge in [0.25, 0.3) is 0 Å². The third kappa shape index (κ3) is 2.69. The summed E-state index contributed by atoms with van der Waals surface area (Å²) in [5.41, 5.74) is 0.105. The fourth-order valence-electron chi connectivity index (χ4n) is 1.13. The van der Waals surface area contributed by atoms with Gasteiger partial charge in [-0.2, -0.15) is 5.26 Å². The second-order valence-corrected chi connectivity index (χ2v) is 2.92. The van der Waals surface area contributed by atoms with E-state index < -0.39 is 11.9 Å². The van der Waals surface area contributed by atoms with Crippen LogP contribution in [0.15, 0.2) is 24.3 Å². The number of rotatable bonds is 3. The van der Waals surface area contributed by atoms with Crippen LogP contribution in [0.4, 0.5) is 0 Å². The van der Waals surface area contributed by atoms with E-state index in [2.05, 4.69) is 0 Å². The van der Waals surface area contributed by atoms with E-state index in [1.54, 1.807) is 6.07 Å². The van der Waals surface area contributed by atoms with Crippen LogP contribution < -0.4 is 0 Å². The Hall–Kier alpha value is -2.61. The van der Waals surface area contributed by atoms with Crippen molar-refractivity contribution in [2.75, 3.05) is 0 Å². The first-order valence-electron chi connectivity index (χ1n) is 4.22. The van der Waals surface area contributed by atoms with Crippen molar-refractivity contribution < 1.29 is 19.8 Å². The molecule has 0 atom stereocenters. The van der Waals surface area contributed by atoms with Gasteiger partial charge in [0.1, 0.15) is 0 Å². The zero-order valence-corrected chi connectivity index (χ0v) is 8.04. The Labute approximate surface area is 90.9 Å². The molecule has 0 aromatic heterocycles. The van der Waals surface area contributed by atoms with Gasteiger partial charge in [-0.1, -0.05) is 0 Å². The first-order chi connectivity index (χ1) is 7.54. The molecule has 5 nitrogen and oxygen atoms in total. The fourth-order valence-corrected chi connectivity index (χ4v) is 1.13. The Bertz CT molecular complexity index is 479. The first kappa shape index (κ1) is 11.5. The quantitative estimate of drug-likeness (QED) is 0.749. The fraction of sp³-hybridized carbons (Fsp3) is 0. The topological polar surface area (TPSA) is 98.4 Å². The summed E-state index contributed by atoms with van der Waals surface area (Å²) in [5, 5.41) is 25.8. The lowest BCUT2D eigenvalue weighted by Gasteiger charge is -2.00. The lowest BCUT2D eigenvalue weighted by Crippen LogP contribution is -2.02.